The molecule has 0 atom stereocenters. The van der Waals surface area contributed by atoms with Gasteiger partial charge in [-0.1, -0.05) is 23.9 Å². The van der Waals surface area contributed by atoms with E-state index in [2.05, 4.69) is 30.5 Å². The molecule has 3 aromatic rings. The number of nitrogens with zero attached hydrogens (tertiary/aromatic N) is 4. The number of nitrogens with one attached hydrogen (secondary N) is 2. The highest BCUT2D eigenvalue weighted by atomic mass is 32.2. The molecule has 1 aliphatic carbocycles. The van der Waals surface area contributed by atoms with Gasteiger partial charge in [0.1, 0.15) is 5.75 Å². The first-order chi connectivity index (χ1) is 14.1. The van der Waals surface area contributed by atoms with Crippen molar-refractivity contribution in [1.82, 2.24) is 25.1 Å². The van der Waals surface area contributed by atoms with Gasteiger partial charge in [0.2, 0.25) is 17.0 Å². The number of thioether (sulfide) groups is 1. The van der Waals surface area contributed by atoms with Crippen LogP contribution in [-0.2, 0) is 11.2 Å². The highest BCUT2D eigenvalue weighted by Gasteiger charge is 2.20. The molecule has 0 radical (unpaired) electrons. The number of ether oxygens (including phenoxy) is 1. The van der Waals surface area contributed by atoms with Gasteiger partial charge in [-0.15, -0.1) is 5.10 Å². The SMILES string of the molecule is COc1ccccc1-c1nc(SCC(=O)Nc2ncc3c(n2)CCCC3=O)n[nH]1. The average Bonchev–Trinajstić information content (AvgIpc) is 3.21. The second-order valence-electron chi connectivity index (χ2n) is 6.33. The Morgan fingerprint density at radius 2 is 2.10 bits per heavy atom. The zero-order valence-electron chi connectivity index (χ0n) is 15.6. The Bertz CT molecular complexity index is 1070. The largest absolute Gasteiger partial charge is 0.496 e. The first-order valence-electron chi connectivity index (χ1n) is 9.01. The minimum absolute atomic E-state index is 0.0511. The lowest BCUT2D eigenvalue weighted by Crippen LogP contribution is -2.19. The fourth-order valence-electron chi connectivity index (χ4n) is 3.01. The minimum Gasteiger partial charge on any atom is -0.496 e. The molecule has 1 aromatic carbocycles. The van der Waals surface area contributed by atoms with E-state index < -0.39 is 0 Å². The molecule has 10 heteroatoms. The Morgan fingerprint density at radius 3 is 2.97 bits per heavy atom. The zero-order valence-corrected chi connectivity index (χ0v) is 16.5. The monoisotopic (exact) mass is 410 g/mol. The van der Waals surface area contributed by atoms with Gasteiger partial charge in [-0.2, -0.15) is 0 Å². The standard InChI is InChI=1S/C19H18N6O3S/c1-28-15-8-3-2-5-11(15)17-23-19(25-24-17)29-10-16(27)22-18-20-9-12-13(21-18)6-4-7-14(12)26/h2-3,5,8-9H,4,6-7,10H2,1H3,(H,23,24,25)(H,20,21,22,27). The number of ketones is 1. The molecule has 29 heavy (non-hydrogen) atoms. The number of rotatable bonds is 6. The van der Waals surface area contributed by atoms with Crippen LogP contribution in [0.2, 0.25) is 0 Å². The van der Waals surface area contributed by atoms with Crippen LogP contribution in [0.15, 0.2) is 35.6 Å². The second kappa shape index (κ2) is 8.39. The topological polar surface area (TPSA) is 123 Å². The number of benzene rings is 1. The summed E-state index contributed by atoms with van der Waals surface area (Å²) in [6, 6.07) is 7.47. The molecule has 4 rings (SSSR count). The van der Waals surface area contributed by atoms with Gasteiger partial charge in [0, 0.05) is 12.6 Å². The van der Waals surface area contributed by atoms with Crippen LogP contribution in [0.3, 0.4) is 0 Å². The Morgan fingerprint density at radius 1 is 1.24 bits per heavy atom. The second-order valence-corrected chi connectivity index (χ2v) is 7.28. The Labute approximate surface area is 170 Å². The van der Waals surface area contributed by atoms with E-state index in [4.69, 9.17) is 4.74 Å². The smallest absolute Gasteiger partial charge is 0.237 e. The number of para-hydroxylation sites is 1. The number of aromatic nitrogens is 5. The van der Waals surface area contributed by atoms with E-state index in [0.717, 1.165) is 12.0 Å². The molecular weight excluding hydrogens is 392 g/mol. The van der Waals surface area contributed by atoms with Crippen LogP contribution in [-0.4, -0.2) is 49.7 Å². The van der Waals surface area contributed by atoms with Gasteiger partial charge in [0.05, 0.1) is 29.7 Å². The molecule has 2 N–H and O–H groups in total. The third kappa shape index (κ3) is 4.27. The maximum atomic E-state index is 12.2. The summed E-state index contributed by atoms with van der Waals surface area (Å²) in [5.74, 6) is 1.32. The average molecular weight is 410 g/mol. The van der Waals surface area contributed by atoms with Gasteiger partial charge < -0.3 is 4.74 Å². The lowest BCUT2D eigenvalue weighted by Gasteiger charge is -2.13. The summed E-state index contributed by atoms with van der Waals surface area (Å²) in [7, 11) is 1.59. The predicted octanol–water partition coefficient (Wildman–Crippen LogP) is 2.52. The molecule has 2 aromatic heterocycles. The Balaban J connectivity index is 1.37. The number of carbonyl (C=O) groups is 2. The van der Waals surface area contributed by atoms with E-state index in [0.29, 0.717) is 40.8 Å². The van der Waals surface area contributed by atoms with Crippen LogP contribution in [0.25, 0.3) is 11.4 Å². The van der Waals surface area contributed by atoms with Crippen LogP contribution in [0.4, 0.5) is 5.95 Å². The van der Waals surface area contributed by atoms with Crippen LogP contribution in [0, 0.1) is 0 Å². The third-order valence-corrected chi connectivity index (χ3v) is 5.24. The van der Waals surface area contributed by atoms with Crippen molar-refractivity contribution in [3.8, 4) is 17.1 Å². The van der Waals surface area contributed by atoms with Gasteiger partial charge in [-0.05, 0) is 25.0 Å². The maximum Gasteiger partial charge on any atom is 0.237 e. The van der Waals surface area contributed by atoms with Crippen LogP contribution < -0.4 is 10.1 Å². The van der Waals surface area contributed by atoms with Crippen molar-refractivity contribution in [3.05, 3.63) is 41.7 Å². The fraction of sp³-hybridized carbons (Fsp3) is 0.263. The molecule has 0 fully saturated rings. The normalized spacial score (nSPS) is 13.1. The number of Topliss-reactive ketones (excluding diaryl/α,β-unsaturated/α-hetero) is 1. The van der Waals surface area contributed by atoms with Crippen molar-refractivity contribution in [1.29, 1.82) is 0 Å². The van der Waals surface area contributed by atoms with E-state index in [1.807, 2.05) is 24.3 Å². The van der Waals surface area contributed by atoms with Crippen molar-refractivity contribution in [2.24, 2.45) is 0 Å². The summed E-state index contributed by atoms with van der Waals surface area (Å²) in [4.78, 5) is 36.8. The zero-order chi connectivity index (χ0) is 20.2. The number of methoxy groups -OCH3 is 1. The number of hydrogen-bond donors (Lipinski definition) is 2. The quantitative estimate of drug-likeness (QED) is 0.594. The first kappa shape index (κ1) is 19.1. The molecule has 2 heterocycles. The van der Waals surface area contributed by atoms with Gasteiger partial charge in [0.25, 0.3) is 0 Å². The molecule has 0 unspecified atom stereocenters. The van der Waals surface area contributed by atoms with E-state index >= 15 is 0 Å². The van der Waals surface area contributed by atoms with Crippen molar-refractivity contribution in [3.63, 3.8) is 0 Å². The third-order valence-electron chi connectivity index (χ3n) is 4.40. The van der Waals surface area contributed by atoms with E-state index in [9.17, 15) is 9.59 Å². The predicted molar refractivity (Wildman–Crippen MR) is 107 cm³/mol. The summed E-state index contributed by atoms with van der Waals surface area (Å²) in [5.41, 5.74) is 2.03. The highest BCUT2D eigenvalue weighted by Crippen LogP contribution is 2.28. The summed E-state index contributed by atoms with van der Waals surface area (Å²) in [6.07, 6.45) is 3.49. The summed E-state index contributed by atoms with van der Waals surface area (Å²) in [5, 5.41) is 10.1. The van der Waals surface area contributed by atoms with Crippen LogP contribution >= 0.6 is 11.8 Å². The fourth-order valence-corrected chi connectivity index (χ4v) is 3.61. The molecular formula is C19H18N6O3S. The lowest BCUT2D eigenvalue weighted by atomic mass is 9.96. The highest BCUT2D eigenvalue weighted by molar-refractivity contribution is 7.99. The van der Waals surface area contributed by atoms with E-state index in [1.54, 1.807) is 7.11 Å². The number of anilines is 1. The van der Waals surface area contributed by atoms with Gasteiger partial charge >= 0.3 is 0 Å². The molecule has 0 aliphatic heterocycles. The number of aromatic amines is 1. The molecule has 0 saturated carbocycles. The van der Waals surface area contributed by atoms with Gasteiger partial charge in [-0.25, -0.2) is 15.0 Å². The van der Waals surface area contributed by atoms with Crippen molar-refractivity contribution in [2.45, 2.75) is 24.4 Å². The maximum absolute atomic E-state index is 12.2. The molecule has 1 amide bonds. The Hall–Kier alpha value is -3.27. The Kier molecular flexibility index (Phi) is 5.52. The first-order valence-corrected chi connectivity index (χ1v) is 10.00. The number of carbonyl (C=O) groups excluding carboxylic acids is 2. The summed E-state index contributed by atoms with van der Waals surface area (Å²) in [6.45, 7) is 0. The van der Waals surface area contributed by atoms with E-state index in [-0.39, 0.29) is 23.4 Å². The lowest BCUT2D eigenvalue weighted by molar-refractivity contribution is -0.113. The number of fused-ring (bicyclic) bond motifs is 1. The molecule has 0 saturated heterocycles. The molecule has 0 bridgehead atoms. The molecule has 0 spiro atoms. The molecule has 9 nitrogen and oxygen atoms in total. The van der Waals surface area contributed by atoms with Crippen LogP contribution in [0.1, 0.15) is 28.9 Å². The summed E-state index contributed by atoms with van der Waals surface area (Å²) < 4.78 is 5.33. The van der Waals surface area contributed by atoms with E-state index in [1.165, 1.54) is 18.0 Å². The number of amides is 1. The van der Waals surface area contributed by atoms with Gasteiger partial charge in [-0.3, -0.25) is 20.0 Å². The number of hydrogen-bond acceptors (Lipinski definition) is 8. The number of H-pyrrole nitrogens is 1. The van der Waals surface area contributed by atoms with Crippen LogP contribution in [0.5, 0.6) is 5.75 Å². The minimum atomic E-state index is -0.277. The van der Waals surface area contributed by atoms with Crippen molar-refractivity contribution in [2.75, 3.05) is 18.2 Å². The van der Waals surface area contributed by atoms with Gasteiger partial charge in [0.15, 0.2) is 11.6 Å². The summed E-state index contributed by atoms with van der Waals surface area (Å²) >= 11 is 1.19. The molecule has 148 valence electrons. The van der Waals surface area contributed by atoms with Crippen molar-refractivity contribution < 1.29 is 14.3 Å². The molecule has 1 aliphatic rings. The number of aryl methyl sites for hydroxylation is 1. The van der Waals surface area contributed by atoms with Crippen molar-refractivity contribution >= 4 is 29.4 Å².